The van der Waals surface area contributed by atoms with Gasteiger partial charge in [-0.15, -0.1) is 0 Å². The number of hydrogen-bond donors (Lipinski definition) is 1. The van der Waals surface area contributed by atoms with Crippen LogP contribution in [-0.4, -0.2) is 30.4 Å². The first kappa shape index (κ1) is 12.5. The molecule has 0 bridgehead atoms. The van der Waals surface area contributed by atoms with Crippen LogP contribution in [0.5, 0.6) is 0 Å². The van der Waals surface area contributed by atoms with E-state index < -0.39 is 0 Å². The van der Waals surface area contributed by atoms with E-state index in [4.69, 9.17) is 5.73 Å². The molecule has 1 aliphatic rings. The number of amides is 1. The minimum Gasteiger partial charge on any atom is -0.343 e. The summed E-state index contributed by atoms with van der Waals surface area (Å²) in [5.74, 6) is 0.285. The number of carbonyl (C=O) groups excluding carboxylic acids is 1. The molecule has 0 aromatic carbocycles. The maximum absolute atomic E-state index is 12.0. The standard InChI is InChI=1S/C12H24N2O/c1-12(2,10-13)9-11(15)14-7-5-3-4-6-8-14/h3-10,13H2,1-2H3. The van der Waals surface area contributed by atoms with Crippen molar-refractivity contribution in [3.63, 3.8) is 0 Å². The Bertz CT molecular complexity index is 206. The fraction of sp³-hybridized carbons (Fsp3) is 0.917. The third kappa shape index (κ3) is 4.20. The van der Waals surface area contributed by atoms with E-state index in [1.807, 2.05) is 4.90 Å². The van der Waals surface area contributed by atoms with Crippen molar-refractivity contribution < 1.29 is 4.79 Å². The summed E-state index contributed by atoms with van der Waals surface area (Å²) < 4.78 is 0. The molecule has 0 aromatic heterocycles. The number of rotatable bonds is 3. The summed E-state index contributed by atoms with van der Waals surface area (Å²) in [6, 6.07) is 0. The molecule has 0 radical (unpaired) electrons. The SMILES string of the molecule is CC(C)(CN)CC(=O)N1CCCCCC1. The summed E-state index contributed by atoms with van der Waals surface area (Å²) in [5.41, 5.74) is 5.59. The lowest BCUT2D eigenvalue weighted by Gasteiger charge is -2.27. The third-order valence-electron chi connectivity index (χ3n) is 3.14. The van der Waals surface area contributed by atoms with Gasteiger partial charge in [0.1, 0.15) is 0 Å². The van der Waals surface area contributed by atoms with Gasteiger partial charge < -0.3 is 10.6 Å². The van der Waals surface area contributed by atoms with Crippen LogP contribution >= 0.6 is 0 Å². The Labute approximate surface area is 93.0 Å². The predicted molar refractivity (Wildman–Crippen MR) is 62.5 cm³/mol. The van der Waals surface area contributed by atoms with Gasteiger partial charge >= 0.3 is 0 Å². The lowest BCUT2D eigenvalue weighted by molar-refractivity contribution is -0.133. The quantitative estimate of drug-likeness (QED) is 0.775. The Kier molecular flexibility index (Phi) is 4.58. The topological polar surface area (TPSA) is 46.3 Å². The van der Waals surface area contributed by atoms with Crippen LogP contribution in [0.4, 0.5) is 0 Å². The zero-order valence-corrected chi connectivity index (χ0v) is 10.1. The van der Waals surface area contributed by atoms with Crippen molar-refractivity contribution in [3.05, 3.63) is 0 Å². The van der Waals surface area contributed by atoms with Gasteiger partial charge in [-0.2, -0.15) is 0 Å². The van der Waals surface area contributed by atoms with E-state index in [0.717, 1.165) is 25.9 Å². The molecule has 1 amide bonds. The second-order valence-corrected chi connectivity index (χ2v) is 5.34. The van der Waals surface area contributed by atoms with Crippen LogP contribution in [0.1, 0.15) is 46.0 Å². The number of nitrogens with zero attached hydrogens (tertiary/aromatic N) is 1. The highest BCUT2D eigenvalue weighted by atomic mass is 16.2. The number of nitrogens with two attached hydrogens (primary N) is 1. The fourth-order valence-electron chi connectivity index (χ4n) is 1.91. The molecule has 0 unspecified atom stereocenters. The molecule has 1 heterocycles. The van der Waals surface area contributed by atoms with Crippen LogP contribution in [0.3, 0.4) is 0 Å². The predicted octanol–water partition coefficient (Wildman–Crippen LogP) is 1.76. The zero-order chi connectivity index (χ0) is 11.3. The van der Waals surface area contributed by atoms with Gasteiger partial charge in [0.15, 0.2) is 0 Å². The molecule has 1 saturated heterocycles. The van der Waals surface area contributed by atoms with Gasteiger partial charge in [-0.3, -0.25) is 4.79 Å². The van der Waals surface area contributed by atoms with E-state index in [2.05, 4.69) is 13.8 Å². The van der Waals surface area contributed by atoms with Gasteiger partial charge in [-0.05, 0) is 24.8 Å². The molecular weight excluding hydrogens is 188 g/mol. The van der Waals surface area contributed by atoms with E-state index >= 15 is 0 Å². The number of likely N-dealkylation sites (tertiary alicyclic amines) is 1. The molecular formula is C12H24N2O. The van der Waals surface area contributed by atoms with Crippen LogP contribution in [-0.2, 0) is 4.79 Å². The summed E-state index contributed by atoms with van der Waals surface area (Å²) in [5, 5.41) is 0. The van der Waals surface area contributed by atoms with Gasteiger partial charge in [0, 0.05) is 19.5 Å². The molecule has 0 spiro atoms. The largest absolute Gasteiger partial charge is 0.343 e. The molecule has 3 heteroatoms. The minimum atomic E-state index is -0.0522. The number of carbonyl (C=O) groups is 1. The zero-order valence-electron chi connectivity index (χ0n) is 10.1. The lowest BCUT2D eigenvalue weighted by atomic mass is 9.89. The van der Waals surface area contributed by atoms with Gasteiger partial charge in [-0.25, -0.2) is 0 Å². The highest BCUT2D eigenvalue weighted by molar-refractivity contribution is 5.76. The highest BCUT2D eigenvalue weighted by Gasteiger charge is 2.24. The van der Waals surface area contributed by atoms with E-state index in [1.54, 1.807) is 0 Å². The first-order valence-electron chi connectivity index (χ1n) is 6.03. The summed E-state index contributed by atoms with van der Waals surface area (Å²) in [4.78, 5) is 14.0. The van der Waals surface area contributed by atoms with E-state index in [1.165, 1.54) is 12.8 Å². The second kappa shape index (κ2) is 5.50. The Morgan fingerprint density at radius 3 is 2.20 bits per heavy atom. The van der Waals surface area contributed by atoms with Crippen molar-refractivity contribution in [2.75, 3.05) is 19.6 Å². The first-order valence-corrected chi connectivity index (χ1v) is 6.03. The van der Waals surface area contributed by atoms with E-state index in [-0.39, 0.29) is 11.3 Å². The average Bonchev–Trinajstić information content (AvgIpc) is 2.45. The van der Waals surface area contributed by atoms with Crippen molar-refractivity contribution in [3.8, 4) is 0 Å². The monoisotopic (exact) mass is 212 g/mol. The van der Waals surface area contributed by atoms with Gasteiger partial charge in [-0.1, -0.05) is 26.7 Å². The lowest BCUT2D eigenvalue weighted by Crippen LogP contribution is -2.37. The molecule has 2 N–H and O–H groups in total. The van der Waals surface area contributed by atoms with Crippen LogP contribution in [0, 0.1) is 5.41 Å². The Hall–Kier alpha value is -0.570. The molecule has 1 rings (SSSR count). The summed E-state index contributed by atoms with van der Waals surface area (Å²) >= 11 is 0. The smallest absolute Gasteiger partial charge is 0.223 e. The Balaban J connectivity index is 2.44. The average molecular weight is 212 g/mol. The summed E-state index contributed by atoms with van der Waals surface area (Å²) in [6.07, 6.45) is 5.45. The molecule has 15 heavy (non-hydrogen) atoms. The highest BCUT2D eigenvalue weighted by Crippen LogP contribution is 2.21. The van der Waals surface area contributed by atoms with E-state index in [9.17, 15) is 4.79 Å². The second-order valence-electron chi connectivity index (χ2n) is 5.34. The minimum absolute atomic E-state index is 0.0522. The van der Waals surface area contributed by atoms with Gasteiger partial charge in [0.05, 0.1) is 0 Å². The molecule has 0 atom stereocenters. The first-order chi connectivity index (χ1) is 7.05. The van der Waals surface area contributed by atoms with E-state index in [0.29, 0.717) is 13.0 Å². The molecule has 1 fully saturated rings. The summed E-state index contributed by atoms with van der Waals surface area (Å²) in [7, 11) is 0. The maximum atomic E-state index is 12.0. The van der Waals surface area contributed by atoms with Crippen molar-refractivity contribution in [1.29, 1.82) is 0 Å². The molecule has 3 nitrogen and oxygen atoms in total. The maximum Gasteiger partial charge on any atom is 0.223 e. The molecule has 88 valence electrons. The van der Waals surface area contributed by atoms with Gasteiger partial charge in [0.2, 0.25) is 5.91 Å². The molecule has 1 aliphatic heterocycles. The van der Waals surface area contributed by atoms with Crippen molar-refractivity contribution in [2.45, 2.75) is 46.0 Å². The summed E-state index contributed by atoms with van der Waals surface area (Å²) in [6.45, 7) is 6.58. The van der Waals surface area contributed by atoms with Crippen LogP contribution in [0.15, 0.2) is 0 Å². The van der Waals surface area contributed by atoms with Crippen molar-refractivity contribution in [1.82, 2.24) is 4.90 Å². The fourth-order valence-corrected chi connectivity index (χ4v) is 1.91. The molecule has 0 saturated carbocycles. The normalized spacial score (nSPS) is 18.7. The van der Waals surface area contributed by atoms with Crippen LogP contribution in [0.25, 0.3) is 0 Å². The molecule has 0 aliphatic carbocycles. The van der Waals surface area contributed by atoms with Crippen molar-refractivity contribution >= 4 is 5.91 Å². The van der Waals surface area contributed by atoms with Crippen LogP contribution < -0.4 is 5.73 Å². The molecule has 0 aromatic rings. The Morgan fingerprint density at radius 2 is 1.73 bits per heavy atom. The van der Waals surface area contributed by atoms with Gasteiger partial charge in [0.25, 0.3) is 0 Å². The number of hydrogen-bond acceptors (Lipinski definition) is 2. The Morgan fingerprint density at radius 1 is 1.20 bits per heavy atom. The van der Waals surface area contributed by atoms with Crippen molar-refractivity contribution in [2.24, 2.45) is 11.1 Å². The van der Waals surface area contributed by atoms with Crippen LogP contribution in [0.2, 0.25) is 0 Å². The third-order valence-corrected chi connectivity index (χ3v) is 3.14.